The van der Waals surface area contributed by atoms with E-state index in [0.717, 1.165) is 12.8 Å². The number of nitrogens with zero attached hydrogens (tertiary/aromatic N) is 1. The summed E-state index contributed by atoms with van der Waals surface area (Å²) in [5.41, 5.74) is -0.593. The predicted molar refractivity (Wildman–Crippen MR) is 81.4 cm³/mol. The fourth-order valence-electron chi connectivity index (χ4n) is 2.64. The minimum absolute atomic E-state index is 0.0106. The summed E-state index contributed by atoms with van der Waals surface area (Å²) in [5.74, 6) is -1.42. The van der Waals surface area contributed by atoms with Gasteiger partial charge in [-0.3, -0.25) is 4.79 Å². The quantitative estimate of drug-likeness (QED) is 0.589. The monoisotopic (exact) mass is 313 g/mol. The third kappa shape index (κ3) is 5.31. The number of carbonyl (C=O) groups excluding carboxylic acids is 3. The average Bonchev–Trinajstić information content (AvgIpc) is 2.36. The van der Waals surface area contributed by atoms with Gasteiger partial charge in [-0.15, -0.1) is 0 Å². The molecule has 0 N–H and O–H groups in total. The first-order valence-electron chi connectivity index (χ1n) is 7.87. The number of rotatable bonds is 4. The van der Waals surface area contributed by atoms with Gasteiger partial charge in [-0.1, -0.05) is 0 Å². The Bertz CT molecular complexity index is 427. The number of Topliss-reactive ketones (excluding diaryl/α,β-unsaturated/α-hetero) is 1. The van der Waals surface area contributed by atoms with Crippen LogP contribution in [0.3, 0.4) is 0 Å². The van der Waals surface area contributed by atoms with Crippen LogP contribution in [0.4, 0.5) is 4.79 Å². The van der Waals surface area contributed by atoms with Crippen LogP contribution in [-0.2, 0) is 19.1 Å². The van der Waals surface area contributed by atoms with Crippen LogP contribution in [0.25, 0.3) is 0 Å². The molecule has 6 heteroatoms. The van der Waals surface area contributed by atoms with Gasteiger partial charge in [0.1, 0.15) is 5.60 Å². The molecule has 22 heavy (non-hydrogen) atoms. The van der Waals surface area contributed by atoms with Crippen molar-refractivity contribution in [1.82, 2.24) is 4.90 Å². The molecular weight excluding hydrogens is 286 g/mol. The van der Waals surface area contributed by atoms with Crippen LogP contribution in [0.1, 0.15) is 60.3 Å². The number of hydrogen-bond acceptors (Lipinski definition) is 5. The highest BCUT2D eigenvalue weighted by Crippen LogP contribution is 2.27. The van der Waals surface area contributed by atoms with Crippen molar-refractivity contribution in [3.8, 4) is 0 Å². The third-order valence-corrected chi connectivity index (χ3v) is 3.56. The second-order valence-corrected chi connectivity index (χ2v) is 6.67. The molecular formula is C16H27NO5. The topological polar surface area (TPSA) is 72.9 Å². The van der Waals surface area contributed by atoms with E-state index in [-0.39, 0.29) is 25.1 Å². The van der Waals surface area contributed by atoms with Crippen molar-refractivity contribution in [3.05, 3.63) is 0 Å². The van der Waals surface area contributed by atoms with Crippen molar-refractivity contribution in [2.45, 2.75) is 78.0 Å². The summed E-state index contributed by atoms with van der Waals surface area (Å²) in [4.78, 5) is 37.4. The molecule has 0 aliphatic carbocycles. The van der Waals surface area contributed by atoms with Crippen molar-refractivity contribution in [2.75, 3.05) is 6.61 Å². The average molecular weight is 313 g/mol. The number of ketones is 1. The van der Waals surface area contributed by atoms with E-state index < -0.39 is 23.4 Å². The molecule has 1 aliphatic heterocycles. The van der Waals surface area contributed by atoms with E-state index in [2.05, 4.69) is 0 Å². The van der Waals surface area contributed by atoms with Crippen molar-refractivity contribution < 1.29 is 23.9 Å². The van der Waals surface area contributed by atoms with Crippen molar-refractivity contribution in [2.24, 2.45) is 0 Å². The molecule has 1 aliphatic rings. The van der Waals surface area contributed by atoms with Gasteiger partial charge in [0, 0.05) is 18.5 Å². The number of hydrogen-bond donors (Lipinski definition) is 0. The Morgan fingerprint density at radius 2 is 1.82 bits per heavy atom. The third-order valence-electron chi connectivity index (χ3n) is 3.56. The Labute approximate surface area is 132 Å². The molecule has 0 aromatic heterocycles. The van der Waals surface area contributed by atoms with Crippen molar-refractivity contribution >= 4 is 17.8 Å². The number of amides is 1. The largest absolute Gasteiger partial charge is 0.460 e. The van der Waals surface area contributed by atoms with Gasteiger partial charge in [0.15, 0.2) is 0 Å². The van der Waals surface area contributed by atoms with Crippen LogP contribution in [0.5, 0.6) is 0 Å². The summed E-state index contributed by atoms with van der Waals surface area (Å²) in [6.45, 7) is 9.17. The van der Waals surface area contributed by atoms with Crippen LogP contribution in [0.15, 0.2) is 0 Å². The summed E-state index contributed by atoms with van der Waals surface area (Å²) >= 11 is 0. The molecule has 0 spiro atoms. The Morgan fingerprint density at radius 3 is 2.36 bits per heavy atom. The van der Waals surface area contributed by atoms with Gasteiger partial charge in [-0.05, 0) is 53.9 Å². The van der Waals surface area contributed by atoms with Gasteiger partial charge in [0.2, 0.25) is 5.78 Å². The number of likely N-dealkylation sites (tertiary alicyclic amines) is 1. The zero-order chi connectivity index (χ0) is 16.9. The first-order valence-corrected chi connectivity index (χ1v) is 7.87. The molecule has 0 bridgehead atoms. The smallest absolute Gasteiger partial charge is 0.410 e. The molecule has 1 saturated heterocycles. The molecule has 0 aromatic carbocycles. The maximum Gasteiger partial charge on any atom is 0.410 e. The summed E-state index contributed by atoms with van der Waals surface area (Å²) in [5, 5.41) is 0. The van der Waals surface area contributed by atoms with E-state index >= 15 is 0 Å². The van der Waals surface area contributed by atoms with Crippen LogP contribution in [0.2, 0.25) is 0 Å². The highest BCUT2D eigenvalue weighted by atomic mass is 16.6. The van der Waals surface area contributed by atoms with Crippen LogP contribution in [0, 0.1) is 0 Å². The fraction of sp³-hybridized carbons (Fsp3) is 0.812. The van der Waals surface area contributed by atoms with Gasteiger partial charge in [0.05, 0.1) is 6.61 Å². The van der Waals surface area contributed by atoms with Gasteiger partial charge < -0.3 is 14.4 Å². The Morgan fingerprint density at radius 1 is 1.18 bits per heavy atom. The molecule has 0 aromatic rings. The van der Waals surface area contributed by atoms with E-state index in [4.69, 9.17) is 9.47 Å². The molecule has 6 nitrogen and oxygen atoms in total. The highest BCUT2D eigenvalue weighted by molar-refractivity contribution is 6.33. The number of ether oxygens (including phenoxy) is 2. The van der Waals surface area contributed by atoms with Crippen molar-refractivity contribution in [1.29, 1.82) is 0 Å². The molecule has 2 atom stereocenters. The lowest BCUT2D eigenvalue weighted by Crippen LogP contribution is -2.51. The molecule has 1 heterocycles. The molecule has 126 valence electrons. The zero-order valence-electron chi connectivity index (χ0n) is 14.2. The molecule has 1 rings (SSSR count). The SMILES string of the molecule is CCOC(=O)C(=O)CC1CCCC(C)N1C(=O)OC(C)(C)C. The predicted octanol–water partition coefficient (Wildman–Crippen LogP) is 2.69. The van der Waals surface area contributed by atoms with E-state index in [0.29, 0.717) is 6.42 Å². The van der Waals surface area contributed by atoms with Gasteiger partial charge in [-0.2, -0.15) is 0 Å². The molecule has 0 saturated carbocycles. The summed E-state index contributed by atoms with van der Waals surface area (Å²) in [6.07, 6.45) is 2.03. The molecule has 0 radical (unpaired) electrons. The maximum atomic E-state index is 12.4. The maximum absolute atomic E-state index is 12.4. The van der Waals surface area contributed by atoms with Crippen molar-refractivity contribution in [3.63, 3.8) is 0 Å². The number of piperidine rings is 1. The van der Waals surface area contributed by atoms with Gasteiger partial charge in [-0.25, -0.2) is 9.59 Å². The first-order chi connectivity index (χ1) is 10.2. The Kier molecular flexibility index (Phi) is 6.38. The minimum atomic E-state index is -0.829. The molecule has 2 unspecified atom stereocenters. The Balaban J connectivity index is 2.79. The number of carbonyl (C=O) groups is 3. The molecule has 1 amide bonds. The summed E-state index contributed by atoms with van der Waals surface area (Å²) in [6, 6.07) is -0.320. The second kappa shape index (κ2) is 7.61. The summed E-state index contributed by atoms with van der Waals surface area (Å²) < 4.78 is 10.2. The lowest BCUT2D eigenvalue weighted by atomic mass is 9.93. The number of esters is 1. The summed E-state index contributed by atoms with van der Waals surface area (Å²) in [7, 11) is 0. The lowest BCUT2D eigenvalue weighted by Gasteiger charge is -2.40. The second-order valence-electron chi connectivity index (χ2n) is 6.67. The van der Waals surface area contributed by atoms with Crippen LogP contribution >= 0.6 is 0 Å². The van der Waals surface area contributed by atoms with E-state index in [1.54, 1.807) is 32.6 Å². The van der Waals surface area contributed by atoms with Crippen LogP contribution < -0.4 is 0 Å². The lowest BCUT2D eigenvalue weighted by molar-refractivity contribution is -0.154. The highest BCUT2D eigenvalue weighted by Gasteiger charge is 2.36. The van der Waals surface area contributed by atoms with Crippen LogP contribution in [-0.4, -0.2) is 47.0 Å². The zero-order valence-corrected chi connectivity index (χ0v) is 14.2. The van der Waals surface area contributed by atoms with Gasteiger partial charge >= 0.3 is 12.1 Å². The van der Waals surface area contributed by atoms with Gasteiger partial charge in [0.25, 0.3) is 0 Å². The Hall–Kier alpha value is -1.59. The minimum Gasteiger partial charge on any atom is -0.460 e. The van der Waals surface area contributed by atoms with E-state index in [9.17, 15) is 14.4 Å². The first kappa shape index (κ1) is 18.5. The normalized spacial score (nSPS) is 22.1. The van der Waals surface area contributed by atoms with E-state index in [1.165, 1.54) is 0 Å². The van der Waals surface area contributed by atoms with E-state index in [1.807, 2.05) is 6.92 Å². The standard InChI is InChI=1S/C16H27NO5/c1-6-21-14(19)13(18)10-12-9-7-8-11(2)17(12)15(20)22-16(3,4)5/h11-12H,6-10H2,1-5H3. The molecule has 1 fully saturated rings. The fourth-order valence-corrected chi connectivity index (χ4v) is 2.64.